The molecule has 1 unspecified atom stereocenters. The van der Waals surface area contributed by atoms with Gasteiger partial charge in [-0.2, -0.15) is 5.10 Å². The molecule has 0 N–H and O–H groups in total. The van der Waals surface area contributed by atoms with Crippen LogP contribution in [0, 0.1) is 13.8 Å². The summed E-state index contributed by atoms with van der Waals surface area (Å²) < 4.78 is 7.59. The van der Waals surface area contributed by atoms with Crippen LogP contribution >= 0.6 is 11.6 Å². The first kappa shape index (κ1) is 22.0. The summed E-state index contributed by atoms with van der Waals surface area (Å²) in [6.07, 6.45) is 6.55. The third kappa shape index (κ3) is 4.49. The topological polar surface area (TPSA) is 86.0 Å². The van der Waals surface area contributed by atoms with E-state index in [-0.39, 0.29) is 11.9 Å². The van der Waals surface area contributed by atoms with Crippen molar-refractivity contribution < 1.29 is 9.53 Å². The van der Waals surface area contributed by atoms with Gasteiger partial charge in [-0.25, -0.2) is 14.6 Å². The third-order valence-corrected chi connectivity index (χ3v) is 6.00. The van der Waals surface area contributed by atoms with E-state index in [0.717, 1.165) is 24.2 Å². The highest BCUT2D eigenvalue weighted by atomic mass is 35.5. The maximum Gasteiger partial charge on any atom is 0.255 e. The fourth-order valence-electron chi connectivity index (χ4n) is 4.18. The number of benzene rings is 1. The number of carbonyl (C=O) groups excluding carboxylic acids is 1. The molecule has 4 aromatic rings. The molecule has 8 nitrogen and oxygen atoms in total. The minimum absolute atomic E-state index is 0.0826. The zero-order chi connectivity index (χ0) is 23.7. The molecule has 0 spiro atoms. The first-order valence-electron chi connectivity index (χ1n) is 11.0. The lowest BCUT2D eigenvalue weighted by Crippen LogP contribution is -2.31. The standard InChI is InChI=1S/C25H23ClN6O2/c1-16-12-17(2)32(30-16)23-10-5-18(13-28-23)25(33)31-11-3-4-22(31)21-14-27-15-24(29-21)34-20-8-6-19(26)7-9-20/h5-10,12-15,22H,3-4,11H2,1-2H3. The fourth-order valence-corrected chi connectivity index (χ4v) is 4.30. The summed E-state index contributed by atoms with van der Waals surface area (Å²) in [6, 6.07) is 12.5. The number of ether oxygens (including phenoxy) is 1. The highest BCUT2D eigenvalue weighted by Gasteiger charge is 2.32. The number of aryl methyl sites for hydroxylation is 2. The second kappa shape index (κ2) is 9.23. The van der Waals surface area contributed by atoms with Crippen LogP contribution in [0.1, 0.15) is 46.3 Å². The number of pyridine rings is 1. The lowest BCUT2D eigenvalue weighted by Gasteiger charge is -2.24. The summed E-state index contributed by atoms with van der Waals surface area (Å²) in [5.41, 5.74) is 3.13. The highest BCUT2D eigenvalue weighted by Crippen LogP contribution is 2.33. The van der Waals surface area contributed by atoms with Gasteiger partial charge in [0.05, 0.1) is 35.4 Å². The molecule has 4 heterocycles. The van der Waals surface area contributed by atoms with Gasteiger partial charge in [0.15, 0.2) is 5.82 Å². The Morgan fingerprint density at radius 2 is 1.91 bits per heavy atom. The lowest BCUT2D eigenvalue weighted by atomic mass is 10.1. The van der Waals surface area contributed by atoms with Gasteiger partial charge in [-0.05, 0) is 69.2 Å². The molecule has 3 aromatic heterocycles. The Labute approximate surface area is 202 Å². The molecule has 172 valence electrons. The minimum atomic E-state index is -0.176. The molecule has 0 bridgehead atoms. The van der Waals surface area contributed by atoms with Crippen LogP contribution in [-0.4, -0.2) is 42.1 Å². The molecular formula is C25H23ClN6O2. The third-order valence-electron chi connectivity index (χ3n) is 5.74. The van der Waals surface area contributed by atoms with Crippen molar-refractivity contribution in [3.63, 3.8) is 0 Å². The largest absolute Gasteiger partial charge is 0.437 e. The van der Waals surface area contributed by atoms with Crippen molar-refractivity contribution in [3.8, 4) is 17.4 Å². The first-order valence-corrected chi connectivity index (χ1v) is 11.4. The van der Waals surface area contributed by atoms with Crippen molar-refractivity contribution in [2.24, 2.45) is 0 Å². The Morgan fingerprint density at radius 3 is 2.62 bits per heavy atom. The molecule has 1 amide bonds. The van der Waals surface area contributed by atoms with E-state index in [0.29, 0.717) is 40.3 Å². The van der Waals surface area contributed by atoms with Gasteiger partial charge in [0.2, 0.25) is 5.88 Å². The normalized spacial score (nSPS) is 15.5. The molecule has 1 aliphatic heterocycles. The van der Waals surface area contributed by atoms with E-state index >= 15 is 0 Å². The zero-order valence-electron chi connectivity index (χ0n) is 18.8. The number of aromatic nitrogens is 5. The van der Waals surface area contributed by atoms with E-state index in [9.17, 15) is 4.79 Å². The lowest BCUT2D eigenvalue weighted by molar-refractivity contribution is 0.0732. The molecule has 1 aromatic carbocycles. The van der Waals surface area contributed by atoms with Gasteiger partial charge in [0.1, 0.15) is 5.75 Å². The van der Waals surface area contributed by atoms with Crippen LogP contribution in [-0.2, 0) is 0 Å². The van der Waals surface area contributed by atoms with Gasteiger partial charge >= 0.3 is 0 Å². The number of rotatable bonds is 5. The summed E-state index contributed by atoms with van der Waals surface area (Å²) in [7, 11) is 0. The second-order valence-corrected chi connectivity index (χ2v) is 8.68. The quantitative estimate of drug-likeness (QED) is 0.400. The van der Waals surface area contributed by atoms with E-state index in [4.69, 9.17) is 16.3 Å². The van der Waals surface area contributed by atoms with Crippen molar-refractivity contribution in [2.45, 2.75) is 32.7 Å². The Hall–Kier alpha value is -3.78. The Kier molecular flexibility index (Phi) is 5.98. The molecule has 34 heavy (non-hydrogen) atoms. The SMILES string of the molecule is Cc1cc(C)n(-c2ccc(C(=O)N3CCCC3c3cncc(Oc4ccc(Cl)cc4)n3)cn2)n1. The molecule has 0 aliphatic carbocycles. The summed E-state index contributed by atoms with van der Waals surface area (Å²) in [5, 5.41) is 5.08. The maximum atomic E-state index is 13.3. The van der Waals surface area contributed by atoms with Crippen molar-refractivity contribution in [1.29, 1.82) is 0 Å². The van der Waals surface area contributed by atoms with Crippen molar-refractivity contribution in [3.05, 3.63) is 88.7 Å². The Bertz CT molecular complexity index is 1320. The summed E-state index contributed by atoms with van der Waals surface area (Å²) >= 11 is 5.94. The molecular weight excluding hydrogens is 452 g/mol. The van der Waals surface area contributed by atoms with Crippen LogP contribution in [0.4, 0.5) is 0 Å². The van der Waals surface area contributed by atoms with Crippen LogP contribution in [0.25, 0.3) is 5.82 Å². The maximum absolute atomic E-state index is 13.3. The Morgan fingerprint density at radius 1 is 1.09 bits per heavy atom. The van der Waals surface area contributed by atoms with Gasteiger partial charge in [-0.15, -0.1) is 0 Å². The fraction of sp³-hybridized carbons (Fsp3) is 0.240. The monoisotopic (exact) mass is 474 g/mol. The molecule has 1 saturated heterocycles. The number of carbonyl (C=O) groups is 1. The van der Waals surface area contributed by atoms with E-state index in [1.54, 1.807) is 53.6 Å². The van der Waals surface area contributed by atoms with E-state index < -0.39 is 0 Å². The summed E-state index contributed by atoms with van der Waals surface area (Å²) in [4.78, 5) is 28.6. The highest BCUT2D eigenvalue weighted by molar-refractivity contribution is 6.30. The predicted octanol–water partition coefficient (Wildman–Crippen LogP) is 5.10. The van der Waals surface area contributed by atoms with Crippen molar-refractivity contribution in [1.82, 2.24) is 29.6 Å². The van der Waals surface area contributed by atoms with E-state index in [1.165, 1.54) is 0 Å². The van der Waals surface area contributed by atoms with Gasteiger partial charge in [-0.1, -0.05) is 11.6 Å². The van der Waals surface area contributed by atoms with Crippen LogP contribution in [0.5, 0.6) is 11.6 Å². The molecule has 0 radical (unpaired) electrons. The van der Waals surface area contributed by atoms with Gasteiger partial charge in [0.25, 0.3) is 5.91 Å². The minimum Gasteiger partial charge on any atom is -0.437 e. The number of likely N-dealkylation sites (tertiary alicyclic amines) is 1. The molecule has 1 fully saturated rings. The number of hydrogen-bond acceptors (Lipinski definition) is 6. The van der Waals surface area contributed by atoms with Crippen LogP contribution in [0.3, 0.4) is 0 Å². The average Bonchev–Trinajstić information content (AvgIpc) is 3.46. The second-order valence-electron chi connectivity index (χ2n) is 8.24. The molecule has 0 saturated carbocycles. The van der Waals surface area contributed by atoms with E-state index in [2.05, 4.69) is 20.1 Å². The van der Waals surface area contributed by atoms with Crippen molar-refractivity contribution in [2.75, 3.05) is 6.54 Å². The Balaban J connectivity index is 1.34. The summed E-state index contributed by atoms with van der Waals surface area (Å²) in [5.74, 6) is 1.58. The first-order chi connectivity index (χ1) is 16.5. The number of nitrogens with zero attached hydrogens (tertiary/aromatic N) is 6. The molecule has 5 rings (SSSR count). The number of amides is 1. The van der Waals surface area contributed by atoms with Crippen molar-refractivity contribution >= 4 is 17.5 Å². The number of hydrogen-bond donors (Lipinski definition) is 0. The predicted molar refractivity (Wildman–Crippen MR) is 127 cm³/mol. The average molecular weight is 475 g/mol. The molecule has 1 atom stereocenters. The van der Waals surface area contributed by atoms with Gasteiger partial charge in [0, 0.05) is 23.5 Å². The van der Waals surface area contributed by atoms with Crippen LogP contribution in [0.2, 0.25) is 5.02 Å². The van der Waals surface area contributed by atoms with Gasteiger partial charge < -0.3 is 9.64 Å². The summed E-state index contributed by atoms with van der Waals surface area (Å²) in [6.45, 7) is 4.56. The molecule has 1 aliphatic rings. The molecule has 9 heteroatoms. The smallest absolute Gasteiger partial charge is 0.255 e. The van der Waals surface area contributed by atoms with Crippen LogP contribution in [0.15, 0.2) is 61.1 Å². The van der Waals surface area contributed by atoms with Gasteiger partial charge in [-0.3, -0.25) is 9.78 Å². The van der Waals surface area contributed by atoms with E-state index in [1.807, 2.05) is 30.9 Å². The number of halogens is 1. The zero-order valence-corrected chi connectivity index (χ0v) is 19.6. The van der Waals surface area contributed by atoms with Crippen LogP contribution < -0.4 is 4.74 Å².